The van der Waals surface area contributed by atoms with E-state index in [0.717, 1.165) is 125 Å². The maximum absolute atomic E-state index is 15.7. The quantitative estimate of drug-likeness (QED) is 0.0392. The fraction of sp³-hybridized carbons (Fsp3) is 0.256. The van der Waals surface area contributed by atoms with Crippen molar-refractivity contribution in [2.24, 2.45) is 0 Å². The van der Waals surface area contributed by atoms with E-state index < -0.39 is 29.1 Å². The zero-order valence-corrected chi connectivity index (χ0v) is 52.2. The van der Waals surface area contributed by atoms with Crippen LogP contribution in [0.5, 0.6) is 46.0 Å². The average molecular weight is 1230 g/mol. The van der Waals surface area contributed by atoms with Crippen molar-refractivity contribution in [1.29, 1.82) is 0 Å². The average Bonchev–Trinajstić information content (AvgIpc) is 0.813. The van der Waals surface area contributed by atoms with Crippen molar-refractivity contribution in [3.05, 3.63) is 252 Å². The van der Waals surface area contributed by atoms with Gasteiger partial charge in [0, 0.05) is 11.1 Å². The number of para-hydroxylation sites is 6. The van der Waals surface area contributed by atoms with Crippen molar-refractivity contribution < 1.29 is 46.2 Å². The summed E-state index contributed by atoms with van der Waals surface area (Å²) < 4.78 is 57.4. The van der Waals surface area contributed by atoms with Crippen LogP contribution in [0.3, 0.4) is 0 Å². The molecule has 90 heavy (non-hydrogen) atoms. The lowest BCUT2D eigenvalue weighted by Gasteiger charge is -2.27. The molecule has 10 aromatic rings. The third-order valence-corrected chi connectivity index (χ3v) is 20.5. The Balaban J connectivity index is 1.02. The molecular formula is C78H72O10P2. The number of fused-ring (bicyclic) bond motifs is 2. The summed E-state index contributed by atoms with van der Waals surface area (Å²) in [7, 11) is -5.01. The van der Waals surface area contributed by atoms with Gasteiger partial charge in [-0.15, -0.1) is 0 Å². The van der Waals surface area contributed by atoms with Crippen LogP contribution in [0.4, 0.5) is 0 Å². The van der Waals surface area contributed by atoms with Crippen LogP contribution in [0, 0.1) is 0 Å². The van der Waals surface area contributed by atoms with Gasteiger partial charge in [0.1, 0.15) is 45.6 Å². The fourth-order valence-electron chi connectivity index (χ4n) is 14.1. The zero-order chi connectivity index (χ0) is 60.6. The van der Waals surface area contributed by atoms with Gasteiger partial charge in [-0.05, 0) is 180 Å². The second kappa shape index (κ2) is 27.6. The number of benzene rings is 10. The molecule has 0 saturated heterocycles. The van der Waals surface area contributed by atoms with E-state index in [9.17, 15) is 0 Å². The van der Waals surface area contributed by atoms with E-state index in [2.05, 4.69) is 48.5 Å². The summed E-state index contributed by atoms with van der Waals surface area (Å²) >= 11 is 0. The minimum Gasteiger partial charge on any atom is -0.423 e. The minimum atomic E-state index is -2.51. The number of carbonyl (C=O) groups is 2. The summed E-state index contributed by atoms with van der Waals surface area (Å²) in [4.78, 5) is 31.4. The van der Waals surface area contributed by atoms with Crippen molar-refractivity contribution in [3.63, 3.8) is 0 Å². The highest BCUT2D eigenvalue weighted by Crippen LogP contribution is 2.58. The van der Waals surface area contributed by atoms with Gasteiger partial charge in [-0.1, -0.05) is 209 Å². The third kappa shape index (κ3) is 13.0. The Labute approximate surface area is 529 Å². The Morgan fingerprint density at radius 3 is 0.878 bits per heavy atom. The molecule has 4 saturated carbocycles. The van der Waals surface area contributed by atoms with Crippen LogP contribution in [0.2, 0.25) is 0 Å². The van der Waals surface area contributed by atoms with E-state index in [1.807, 2.05) is 133 Å². The van der Waals surface area contributed by atoms with Crippen molar-refractivity contribution >= 4 is 50.7 Å². The summed E-state index contributed by atoms with van der Waals surface area (Å²) in [6, 6.07) is 70.1. The fourth-order valence-corrected chi connectivity index (χ4v) is 16.3. The Kier molecular flexibility index (Phi) is 18.1. The predicted molar refractivity (Wildman–Crippen MR) is 358 cm³/mol. The highest BCUT2D eigenvalue weighted by atomic mass is 31.2. The molecule has 0 bridgehead atoms. The van der Waals surface area contributed by atoms with Crippen molar-refractivity contribution in [2.45, 2.75) is 126 Å². The molecule has 10 nitrogen and oxygen atoms in total. The van der Waals surface area contributed by atoms with Crippen LogP contribution in [0.15, 0.2) is 218 Å². The molecule has 0 amide bonds. The van der Waals surface area contributed by atoms with Gasteiger partial charge < -0.3 is 36.6 Å². The SMILES string of the molecule is O=C(Oc1ccccc1)c1cc2ccccc2c(-c2c(OP(Oc3ccccc3C3CCCC3)Oc3ccccc3C3CCCC3)c(C(=O)Oc3ccccc3)cc3ccccc23)c1OP(Oc1ccccc1C1CCCC1)Oc1ccccc1C1CCCC1. The van der Waals surface area contributed by atoms with Crippen LogP contribution < -0.4 is 36.6 Å². The second-order valence-corrected chi connectivity index (χ2v) is 26.2. The molecule has 4 fully saturated rings. The summed E-state index contributed by atoms with van der Waals surface area (Å²) in [5.74, 6) is 3.12. The first-order valence-electron chi connectivity index (χ1n) is 32.2. The summed E-state index contributed by atoms with van der Waals surface area (Å²) in [6.07, 6.45) is 17.2. The number of hydrogen-bond donors (Lipinski definition) is 0. The summed E-state index contributed by atoms with van der Waals surface area (Å²) in [6.45, 7) is 0. The molecule has 0 spiro atoms. The zero-order valence-electron chi connectivity index (χ0n) is 50.4. The minimum absolute atomic E-state index is 0.0819. The molecule has 0 aliphatic heterocycles. The molecule has 454 valence electrons. The van der Waals surface area contributed by atoms with Crippen LogP contribution in [0.1, 0.15) is 169 Å². The molecule has 0 unspecified atom stereocenters. The van der Waals surface area contributed by atoms with Gasteiger partial charge >= 0.3 is 29.1 Å². The van der Waals surface area contributed by atoms with Crippen LogP contribution in [-0.2, 0) is 0 Å². The van der Waals surface area contributed by atoms with Crippen molar-refractivity contribution in [1.82, 2.24) is 0 Å². The number of esters is 2. The molecule has 0 radical (unpaired) electrons. The lowest BCUT2D eigenvalue weighted by Crippen LogP contribution is -2.15. The van der Waals surface area contributed by atoms with Crippen molar-refractivity contribution in [3.8, 4) is 57.1 Å². The van der Waals surface area contributed by atoms with Gasteiger partial charge in [0.15, 0.2) is 11.5 Å². The van der Waals surface area contributed by atoms with E-state index in [1.165, 1.54) is 0 Å². The summed E-state index contributed by atoms with van der Waals surface area (Å²) in [5.41, 5.74) is 5.28. The smallest absolute Gasteiger partial charge is 0.423 e. The topological polar surface area (TPSA) is 108 Å². The molecule has 0 aromatic heterocycles. The molecule has 10 aromatic carbocycles. The lowest BCUT2D eigenvalue weighted by molar-refractivity contribution is 0.0722. The Hall–Kier alpha value is -8.68. The molecule has 12 heteroatoms. The standard InChI is InChI=1S/C78H72O10P2/c79-77(81-59-37-3-1-4-38-59)67-51-57-35-15-17-45-65(57)73(75(67)87-89(83-69-47-23-19-41-61(69)53-27-7-8-28-53)84-70-48-24-20-42-62(70)54-29-9-10-30-54)74-66-46-18-16-36-58(66)52-68(78(80)82-60-39-5-2-6-40-60)76(74)88-90(85-71-49-25-21-43-63(71)55-31-11-12-32-55)86-72-50-26-22-44-64(72)56-33-13-14-34-56/h1-6,15-26,35-56H,7-14,27-34H2. The Morgan fingerprint density at radius 2 is 0.567 bits per heavy atom. The van der Waals surface area contributed by atoms with Crippen molar-refractivity contribution in [2.75, 3.05) is 0 Å². The van der Waals surface area contributed by atoms with Gasteiger partial charge in [0.05, 0.1) is 0 Å². The normalized spacial score (nSPS) is 15.6. The van der Waals surface area contributed by atoms with E-state index in [-0.39, 0.29) is 46.3 Å². The number of hydrogen-bond acceptors (Lipinski definition) is 10. The maximum Gasteiger partial charge on any atom is 0.530 e. The van der Waals surface area contributed by atoms with Crippen LogP contribution in [0.25, 0.3) is 32.7 Å². The third-order valence-electron chi connectivity index (χ3n) is 18.5. The van der Waals surface area contributed by atoms with E-state index in [4.69, 9.17) is 36.6 Å². The molecule has 0 atom stereocenters. The first-order valence-corrected chi connectivity index (χ1v) is 34.3. The molecular weight excluding hydrogens is 1160 g/mol. The van der Waals surface area contributed by atoms with E-state index >= 15 is 9.59 Å². The first-order chi connectivity index (χ1) is 44.5. The van der Waals surface area contributed by atoms with E-state index in [1.54, 1.807) is 36.4 Å². The number of rotatable bonds is 21. The highest BCUT2D eigenvalue weighted by molar-refractivity contribution is 7.43. The highest BCUT2D eigenvalue weighted by Gasteiger charge is 2.38. The lowest BCUT2D eigenvalue weighted by atomic mass is 9.88. The second-order valence-electron chi connectivity index (χ2n) is 24.2. The Morgan fingerprint density at radius 1 is 0.300 bits per heavy atom. The number of carbonyl (C=O) groups excluding carboxylic acids is 2. The largest absolute Gasteiger partial charge is 0.530 e. The molecule has 4 aliphatic carbocycles. The maximum atomic E-state index is 15.7. The van der Waals surface area contributed by atoms with Gasteiger partial charge in [-0.25, -0.2) is 9.59 Å². The molecule has 4 aliphatic rings. The molecule has 0 heterocycles. The van der Waals surface area contributed by atoms with Gasteiger partial charge in [-0.2, -0.15) is 0 Å². The number of ether oxygens (including phenoxy) is 2. The molecule has 14 rings (SSSR count). The van der Waals surface area contributed by atoms with Gasteiger partial charge in [0.25, 0.3) is 0 Å². The predicted octanol–water partition coefficient (Wildman–Crippen LogP) is 22.3. The first kappa shape index (κ1) is 59.0. The van der Waals surface area contributed by atoms with Crippen LogP contribution >= 0.6 is 17.2 Å². The van der Waals surface area contributed by atoms with Gasteiger partial charge in [-0.3, -0.25) is 0 Å². The van der Waals surface area contributed by atoms with E-state index in [0.29, 0.717) is 67.2 Å². The monoisotopic (exact) mass is 1230 g/mol. The molecule has 0 N–H and O–H groups in total. The Bertz CT molecular complexity index is 3760. The van der Waals surface area contributed by atoms with Crippen LogP contribution in [-0.4, -0.2) is 11.9 Å². The summed E-state index contributed by atoms with van der Waals surface area (Å²) in [5, 5.41) is 2.71. The van der Waals surface area contributed by atoms with Gasteiger partial charge in [0.2, 0.25) is 0 Å².